The largest absolute Gasteiger partial charge is 0.298 e. The van der Waals surface area contributed by atoms with Crippen molar-refractivity contribution in [1.82, 2.24) is 4.90 Å². The lowest BCUT2D eigenvalue weighted by Gasteiger charge is -2.36. The molecule has 2 nitrogen and oxygen atoms in total. The first-order chi connectivity index (χ1) is 7.77. The number of nitriles is 1. The van der Waals surface area contributed by atoms with Crippen LogP contribution in [0.1, 0.15) is 30.5 Å². The molecule has 2 unspecified atom stereocenters. The van der Waals surface area contributed by atoms with Crippen molar-refractivity contribution in [3.63, 3.8) is 0 Å². The molecule has 0 bridgehead atoms. The number of likely N-dealkylation sites (N-methyl/N-ethyl adjacent to an activating group) is 1. The number of nitrogens with zero attached hydrogens (tertiary/aromatic N) is 2. The van der Waals surface area contributed by atoms with Crippen molar-refractivity contribution in [2.45, 2.75) is 25.8 Å². The summed E-state index contributed by atoms with van der Waals surface area (Å²) in [7, 11) is 2.13. The van der Waals surface area contributed by atoms with Crippen molar-refractivity contribution >= 4 is 0 Å². The minimum atomic E-state index is 0.103. The highest BCUT2D eigenvalue weighted by Crippen LogP contribution is 2.35. The fourth-order valence-corrected chi connectivity index (χ4v) is 2.63. The maximum absolute atomic E-state index is 9.24. The predicted molar refractivity (Wildman–Crippen MR) is 64.9 cm³/mol. The fraction of sp³-hybridized carbons (Fsp3) is 0.500. The molecular weight excluding hydrogens is 196 g/mol. The van der Waals surface area contributed by atoms with Gasteiger partial charge in [-0.1, -0.05) is 31.2 Å². The zero-order chi connectivity index (χ0) is 11.5. The van der Waals surface area contributed by atoms with E-state index in [0.29, 0.717) is 0 Å². The molecule has 1 heterocycles. The zero-order valence-electron chi connectivity index (χ0n) is 9.98. The van der Waals surface area contributed by atoms with E-state index in [1.54, 1.807) is 0 Å². The smallest absolute Gasteiger partial charge is 0.0675 e. The Bertz CT molecular complexity index is 405. The predicted octanol–water partition coefficient (Wildman–Crippen LogP) is 2.77. The Labute approximate surface area is 97.5 Å². The van der Waals surface area contributed by atoms with Crippen molar-refractivity contribution in [1.29, 1.82) is 5.26 Å². The molecular formula is C14H18N2. The molecule has 1 aromatic carbocycles. The van der Waals surface area contributed by atoms with Gasteiger partial charge in [0.15, 0.2) is 0 Å². The number of benzene rings is 1. The third kappa shape index (κ3) is 1.83. The Morgan fingerprint density at radius 3 is 2.94 bits per heavy atom. The maximum atomic E-state index is 9.24. The molecule has 84 valence electrons. The van der Waals surface area contributed by atoms with Crippen LogP contribution in [0.5, 0.6) is 0 Å². The van der Waals surface area contributed by atoms with Crippen LogP contribution >= 0.6 is 0 Å². The standard InChI is InChI=1S/C14H18N2/c1-3-11(10-15)14-13-7-5-4-6-12(13)8-9-16(14)2/h4-7,11,14H,3,8-9H2,1-2H3. The van der Waals surface area contributed by atoms with E-state index in [2.05, 4.69) is 49.2 Å². The van der Waals surface area contributed by atoms with E-state index in [1.165, 1.54) is 11.1 Å². The molecule has 1 aliphatic rings. The van der Waals surface area contributed by atoms with Crippen LogP contribution in [0.2, 0.25) is 0 Å². The average Bonchev–Trinajstić information content (AvgIpc) is 2.33. The van der Waals surface area contributed by atoms with Crippen LogP contribution in [0.15, 0.2) is 24.3 Å². The van der Waals surface area contributed by atoms with Gasteiger partial charge in [-0.15, -0.1) is 0 Å². The van der Waals surface area contributed by atoms with Crippen LogP contribution in [-0.4, -0.2) is 18.5 Å². The summed E-state index contributed by atoms with van der Waals surface area (Å²) in [5.41, 5.74) is 2.77. The molecule has 0 N–H and O–H groups in total. The van der Waals surface area contributed by atoms with Crippen LogP contribution in [-0.2, 0) is 6.42 Å². The number of fused-ring (bicyclic) bond motifs is 1. The summed E-state index contributed by atoms with van der Waals surface area (Å²) >= 11 is 0. The third-order valence-electron chi connectivity index (χ3n) is 3.57. The van der Waals surface area contributed by atoms with E-state index >= 15 is 0 Å². The highest BCUT2D eigenvalue weighted by molar-refractivity contribution is 5.33. The molecule has 0 aliphatic carbocycles. The van der Waals surface area contributed by atoms with Gasteiger partial charge in [-0.25, -0.2) is 0 Å². The molecule has 0 radical (unpaired) electrons. The van der Waals surface area contributed by atoms with Gasteiger partial charge in [0, 0.05) is 6.54 Å². The van der Waals surface area contributed by atoms with Gasteiger partial charge in [0.05, 0.1) is 18.0 Å². The second kappa shape index (κ2) is 4.67. The monoisotopic (exact) mass is 214 g/mol. The first-order valence-electron chi connectivity index (χ1n) is 5.95. The average molecular weight is 214 g/mol. The molecule has 0 saturated heterocycles. The summed E-state index contributed by atoms with van der Waals surface area (Å²) in [5.74, 6) is 0.103. The molecule has 1 aromatic rings. The Kier molecular flexibility index (Phi) is 3.26. The molecule has 16 heavy (non-hydrogen) atoms. The van der Waals surface area contributed by atoms with Gasteiger partial charge >= 0.3 is 0 Å². The normalized spacial score (nSPS) is 22.2. The second-order valence-corrected chi connectivity index (χ2v) is 4.52. The first kappa shape index (κ1) is 11.2. The lowest BCUT2D eigenvalue weighted by Crippen LogP contribution is -2.36. The SMILES string of the molecule is CCC(C#N)C1c2ccccc2CCN1C. The molecule has 0 amide bonds. The number of rotatable bonds is 2. The van der Waals surface area contributed by atoms with Crippen molar-refractivity contribution in [3.8, 4) is 6.07 Å². The number of hydrogen-bond donors (Lipinski definition) is 0. The van der Waals surface area contributed by atoms with Gasteiger partial charge in [-0.3, -0.25) is 4.90 Å². The van der Waals surface area contributed by atoms with Crippen molar-refractivity contribution in [2.75, 3.05) is 13.6 Å². The summed E-state index contributed by atoms with van der Waals surface area (Å²) in [5, 5.41) is 9.24. The van der Waals surface area contributed by atoms with Crippen LogP contribution in [0, 0.1) is 17.2 Å². The van der Waals surface area contributed by atoms with E-state index in [0.717, 1.165) is 19.4 Å². The third-order valence-corrected chi connectivity index (χ3v) is 3.57. The van der Waals surface area contributed by atoms with Crippen LogP contribution in [0.25, 0.3) is 0 Å². The van der Waals surface area contributed by atoms with Crippen LogP contribution in [0.4, 0.5) is 0 Å². The highest BCUT2D eigenvalue weighted by Gasteiger charge is 2.30. The van der Waals surface area contributed by atoms with Crippen LogP contribution in [0.3, 0.4) is 0 Å². The molecule has 0 spiro atoms. The fourth-order valence-electron chi connectivity index (χ4n) is 2.63. The Morgan fingerprint density at radius 2 is 2.25 bits per heavy atom. The minimum absolute atomic E-state index is 0.103. The van der Waals surface area contributed by atoms with Gasteiger partial charge in [0.25, 0.3) is 0 Å². The summed E-state index contributed by atoms with van der Waals surface area (Å²) < 4.78 is 0. The molecule has 2 atom stereocenters. The van der Waals surface area contributed by atoms with E-state index < -0.39 is 0 Å². The molecule has 0 fully saturated rings. The van der Waals surface area contributed by atoms with Gasteiger partial charge in [-0.2, -0.15) is 5.26 Å². The van der Waals surface area contributed by atoms with Gasteiger partial charge in [0.2, 0.25) is 0 Å². The Morgan fingerprint density at radius 1 is 1.50 bits per heavy atom. The quantitative estimate of drug-likeness (QED) is 0.757. The Balaban J connectivity index is 2.41. The molecule has 0 saturated carbocycles. The molecule has 1 aliphatic heterocycles. The van der Waals surface area contributed by atoms with Crippen molar-refractivity contribution < 1.29 is 0 Å². The van der Waals surface area contributed by atoms with E-state index in [-0.39, 0.29) is 12.0 Å². The minimum Gasteiger partial charge on any atom is -0.298 e. The summed E-state index contributed by atoms with van der Waals surface area (Å²) in [6.45, 7) is 3.15. The lowest BCUT2D eigenvalue weighted by atomic mass is 9.84. The van der Waals surface area contributed by atoms with Gasteiger partial charge in [0.1, 0.15) is 0 Å². The maximum Gasteiger partial charge on any atom is 0.0675 e. The number of hydrogen-bond acceptors (Lipinski definition) is 2. The topological polar surface area (TPSA) is 27.0 Å². The molecule has 2 heteroatoms. The summed E-state index contributed by atoms with van der Waals surface area (Å²) in [6, 6.07) is 11.3. The molecule has 2 rings (SSSR count). The zero-order valence-corrected chi connectivity index (χ0v) is 9.98. The summed E-state index contributed by atoms with van der Waals surface area (Å²) in [6.07, 6.45) is 2.02. The first-order valence-corrected chi connectivity index (χ1v) is 5.95. The van der Waals surface area contributed by atoms with Gasteiger partial charge in [-0.05, 0) is 31.0 Å². The van der Waals surface area contributed by atoms with Crippen LogP contribution < -0.4 is 0 Å². The van der Waals surface area contributed by atoms with E-state index in [1.807, 2.05) is 0 Å². The van der Waals surface area contributed by atoms with E-state index in [4.69, 9.17) is 0 Å². The van der Waals surface area contributed by atoms with Crippen molar-refractivity contribution in [3.05, 3.63) is 35.4 Å². The van der Waals surface area contributed by atoms with E-state index in [9.17, 15) is 5.26 Å². The highest BCUT2D eigenvalue weighted by atomic mass is 15.1. The second-order valence-electron chi connectivity index (χ2n) is 4.52. The van der Waals surface area contributed by atoms with Gasteiger partial charge < -0.3 is 0 Å². The molecule has 0 aromatic heterocycles. The van der Waals surface area contributed by atoms with Crippen molar-refractivity contribution in [2.24, 2.45) is 5.92 Å². The lowest BCUT2D eigenvalue weighted by molar-refractivity contribution is 0.186. The Hall–Kier alpha value is -1.33. The summed E-state index contributed by atoms with van der Waals surface area (Å²) in [4.78, 5) is 2.32.